The van der Waals surface area contributed by atoms with Gasteiger partial charge in [0.15, 0.2) is 11.5 Å². The third kappa shape index (κ3) is 6.71. The van der Waals surface area contributed by atoms with Crippen molar-refractivity contribution in [1.82, 2.24) is 9.80 Å². The van der Waals surface area contributed by atoms with Crippen molar-refractivity contribution in [3.05, 3.63) is 94.7 Å². The maximum Gasteiger partial charge on any atom is 0.254 e. The second-order valence-electron chi connectivity index (χ2n) is 7.67. The SMILES string of the molecule is C=CCN(CC(=O)N(CCc1ccc(OC)c(OC)c1)Cc1cccs1)C(=O)c1ccccc1. The minimum atomic E-state index is -0.190. The Hall–Kier alpha value is -3.58. The molecule has 0 atom stereocenters. The van der Waals surface area contributed by atoms with E-state index in [9.17, 15) is 9.59 Å². The second-order valence-corrected chi connectivity index (χ2v) is 8.71. The molecule has 2 aromatic carbocycles. The zero-order valence-electron chi connectivity index (χ0n) is 19.6. The molecule has 2 amide bonds. The number of nitrogens with zero attached hydrogens (tertiary/aromatic N) is 2. The molecular weight excluding hydrogens is 448 g/mol. The van der Waals surface area contributed by atoms with Crippen molar-refractivity contribution in [1.29, 1.82) is 0 Å². The summed E-state index contributed by atoms with van der Waals surface area (Å²) in [5.41, 5.74) is 1.58. The van der Waals surface area contributed by atoms with Crippen molar-refractivity contribution in [2.75, 3.05) is 33.9 Å². The lowest BCUT2D eigenvalue weighted by atomic mass is 10.1. The molecule has 0 bridgehead atoms. The number of benzene rings is 2. The molecule has 3 rings (SSSR count). The zero-order chi connectivity index (χ0) is 24.3. The van der Waals surface area contributed by atoms with Gasteiger partial charge in [-0.3, -0.25) is 9.59 Å². The fourth-order valence-corrected chi connectivity index (χ4v) is 4.30. The van der Waals surface area contributed by atoms with Crippen LogP contribution in [0.2, 0.25) is 0 Å². The maximum atomic E-state index is 13.4. The van der Waals surface area contributed by atoms with Crippen LogP contribution in [0.25, 0.3) is 0 Å². The van der Waals surface area contributed by atoms with Gasteiger partial charge >= 0.3 is 0 Å². The van der Waals surface area contributed by atoms with Gasteiger partial charge in [0, 0.05) is 23.5 Å². The molecule has 0 radical (unpaired) electrons. The first-order valence-electron chi connectivity index (χ1n) is 11.0. The lowest BCUT2D eigenvalue weighted by Gasteiger charge is -2.27. The Morgan fingerprint density at radius 2 is 1.74 bits per heavy atom. The third-order valence-electron chi connectivity index (χ3n) is 5.38. The van der Waals surface area contributed by atoms with Gasteiger partial charge in [0.1, 0.15) is 6.54 Å². The van der Waals surface area contributed by atoms with Gasteiger partial charge < -0.3 is 19.3 Å². The highest BCUT2D eigenvalue weighted by molar-refractivity contribution is 7.09. The van der Waals surface area contributed by atoms with Gasteiger partial charge in [-0.1, -0.05) is 36.4 Å². The predicted octanol–water partition coefficient (Wildman–Crippen LogP) is 4.67. The van der Waals surface area contributed by atoms with Crippen molar-refractivity contribution >= 4 is 23.2 Å². The van der Waals surface area contributed by atoms with Crippen LogP contribution in [0.5, 0.6) is 11.5 Å². The van der Waals surface area contributed by atoms with Crippen LogP contribution in [0.15, 0.2) is 78.7 Å². The van der Waals surface area contributed by atoms with Crippen LogP contribution >= 0.6 is 11.3 Å². The minimum absolute atomic E-state index is 0.0168. The predicted molar refractivity (Wildman–Crippen MR) is 136 cm³/mol. The van der Waals surface area contributed by atoms with Crippen LogP contribution < -0.4 is 9.47 Å². The fraction of sp³-hybridized carbons (Fsp3) is 0.259. The van der Waals surface area contributed by atoms with Gasteiger partial charge in [0.2, 0.25) is 5.91 Å². The lowest BCUT2D eigenvalue weighted by Crippen LogP contribution is -2.43. The molecule has 0 saturated carbocycles. The summed E-state index contributed by atoms with van der Waals surface area (Å²) < 4.78 is 10.7. The van der Waals surface area contributed by atoms with Crippen LogP contribution in [0.4, 0.5) is 0 Å². The van der Waals surface area contributed by atoms with Crippen LogP contribution in [-0.4, -0.2) is 55.5 Å². The first-order valence-corrected chi connectivity index (χ1v) is 11.9. The molecule has 7 heteroatoms. The molecule has 1 aromatic heterocycles. The number of hydrogen-bond donors (Lipinski definition) is 0. The van der Waals surface area contributed by atoms with Gasteiger partial charge in [-0.25, -0.2) is 0 Å². The first kappa shape index (κ1) is 25.1. The van der Waals surface area contributed by atoms with Crippen molar-refractivity contribution < 1.29 is 19.1 Å². The molecule has 178 valence electrons. The molecule has 0 aliphatic rings. The Kier molecular flexibility index (Phi) is 9.29. The quantitative estimate of drug-likeness (QED) is 0.355. The summed E-state index contributed by atoms with van der Waals surface area (Å²) in [6.07, 6.45) is 2.28. The van der Waals surface area contributed by atoms with E-state index >= 15 is 0 Å². The number of rotatable bonds is 12. The van der Waals surface area contributed by atoms with E-state index in [4.69, 9.17) is 9.47 Å². The molecule has 0 N–H and O–H groups in total. The van der Waals surface area contributed by atoms with Crippen molar-refractivity contribution in [2.24, 2.45) is 0 Å². The molecule has 0 saturated heterocycles. The Balaban J connectivity index is 1.75. The molecule has 0 unspecified atom stereocenters. The average Bonchev–Trinajstić information content (AvgIpc) is 3.39. The minimum Gasteiger partial charge on any atom is -0.493 e. The number of amides is 2. The van der Waals surface area contributed by atoms with E-state index in [1.165, 1.54) is 4.90 Å². The van der Waals surface area contributed by atoms with Gasteiger partial charge in [0.05, 0.1) is 20.8 Å². The molecule has 0 spiro atoms. The van der Waals surface area contributed by atoms with Crippen LogP contribution in [0.3, 0.4) is 0 Å². The highest BCUT2D eigenvalue weighted by atomic mass is 32.1. The number of ether oxygens (including phenoxy) is 2. The molecule has 3 aromatic rings. The third-order valence-corrected chi connectivity index (χ3v) is 6.24. The van der Waals surface area contributed by atoms with Crippen LogP contribution in [0.1, 0.15) is 20.8 Å². The standard InChI is InChI=1S/C27H30N2O4S/c1-4-15-29(27(31)22-9-6-5-7-10-22)20-26(30)28(19-23-11-8-17-34-23)16-14-21-12-13-24(32-2)25(18-21)33-3/h4-13,17-18H,1,14-16,19-20H2,2-3H3. The van der Waals surface area contributed by atoms with Crippen LogP contribution in [-0.2, 0) is 17.8 Å². The summed E-state index contributed by atoms with van der Waals surface area (Å²) in [4.78, 5) is 30.8. The Morgan fingerprint density at radius 1 is 0.971 bits per heavy atom. The summed E-state index contributed by atoms with van der Waals surface area (Å²) in [7, 11) is 3.21. The van der Waals surface area contributed by atoms with E-state index in [2.05, 4.69) is 6.58 Å². The molecular formula is C27H30N2O4S. The Morgan fingerprint density at radius 3 is 2.38 bits per heavy atom. The number of carbonyl (C=O) groups excluding carboxylic acids is 2. The van der Waals surface area contributed by atoms with Gasteiger partial charge in [-0.05, 0) is 47.7 Å². The summed E-state index contributed by atoms with van der Waals surface area (Å²) >= 11 is 1.61. The molecule has 34 heavy (non-hydrogen) atoms. The molecule has 0 aliphatic heterocycles. The van der Waals surface area contributed by atoms with Gasteiger partial charge in [-0.2, -0.15) is 0 Å². The normalized spacial score (nSPS) is 10.4. The van der Waals surface area contributed by atoms with E-state index < -0.39 is 0 Å². The average molecular weight is 479 g/mol. The summed E-state index contributed by atoms with van der Waals surface area (Å²) in [6.45, 7) is 5.03. The summed E-state index contributed by atoms with van der Waals surface area (Å²) in [5.74, 6) is 1.02. The van der Waals surface area contributed by atoms with Crippen molar-refractivity contribution in [2.45, 2.75) is 13.0 Å². The van der Waals surface area contributed by atoms with Crippen LogP contribution in [0, 0.1) is 0 Å². The van der Waals surface area contributed by atoms with Gasteiger partial charge in [-0.15, -0.1) is 17.9 Å². The van der Waals surface area contributed by atoms with E-state index in [1.54, 1.807) is 48.7 Å². The number of methoxy groups -OCH3 is 2. The number of hydrogen-bond acceptors (Lipinski definition) is 5. The van der Waals surface area contributed by atoms with E-state index in [-0.39, 0.29) is 18.4 Å². The van der Waals surface area contributed by atoms with E-state index in [0.29, 0.717) is 43.1 Å². The zero-order valence-corrected chi connectivity index (χ0v) is 20.4. The first-order chi connectivity index (χ1) is 16.5. The molecule has 6 nitrogen and oxygen atoms in total. The molecule has 0 fully saturated rings. The van der Waals surface area contributed by atoms with E-state index in [1.807, 2.05) is 53.9 Å². The second kappa shape index (κ2) is 12.6. The topological polar surface area (TPSA) is 59.1 Å². The molecule has 1 heterocycles. The highest BCUT2D eigenvalue weighted by Crippen LogP contribution is 2.28. The van der Waals surface area contributed by atoms with E-state index in [0.717, 1.165) is 10.4 Å². The Bertz CT molecular complexity index is 1080. The monoisotopic (exact) mass is 478 g/mol. The van der Waals surface area contributed by atoms with Crippen molar-refractivity contribution in [3.63, 3.8) is 0 Å². The number of carbonyl (C=O) groups is 2. The largest absolute Gasteiger partial charge is 0.493 e. The maximum absolute atomic E-state index is 13.4. The van der Waals surface area contributed by atoms with Gasteiger partial charge in [0.25, 0.3) is 5.91 Å². The number of thiophene rings is 1. The summed E-state index contributed by atoms with van der Waals surface area (Å²) in [6, 6.07) is 18.7. The molecule has 0 aliphatic carbocycles. The Labute approximate surface area is 205 Å². The summed E-state index contributed by atoms with van der Waals surface area (Å²) in [5, 5.41) is 2.00. The smallest absolute Gasteiger partial charge is 0.254 e. The highest BCUT2D eigenvalue weighted by Gasteiger charge is 2.22. The lowest BCUT2D eigenvalue weighted by molar-refractivity contribution is -0.132. The van der Waals surface area contributed by atoms with Crippen molar-refractivity contribution in [3.8, 4) is 11.5 Å². The fourth-order valence-electron chi connectivity index (χ4n) is 3.58.